The zero-order chi connectivity index (χ0) is 13.8. The second-order valence-electron chi connectivity index (χ2n) is 5.52. The molecule has 2 atom stereocenters. The molecule has 0 unspecified atom stereocenters. The van der Waals surface area contributed by atoms with Crippen molar-refractivity contribution in [3.8, 4) is 0 Å². The first-order chi connectivity index (χ1) is 8.29. The van der Waals surface area contributed by atoms with Crippen LogP contribution in [0.15, 0.2) is 0 Å². The molecule has 3 N–H and O–H groups in total. The average molecular weight is 258 g/mol. The Balaban J connectivity index is 2.60. The van der Waals surface area contributed by atoms with Gasteiger partial charge in [-0.25, -0.2) is 4.79 Å². The monoisotopic (exact) mass is 258 g/mol. The molecular weight excluding hydrogens is 236 g/mol. The van der Waals surface area contributed by atoms with E-state index in [4.69, 9.17) is 9.84 Å². The van der Waals surface area contributed by atoms with Crippen molar-refractivity contribution in [2.24, 2.45) is 5.92 Å². The van der Waals surface area contributed by atoms with E-state index in [1.807, 2.05) is 0 Å². The van der Waals surface area contributed by atoms with Crippen LogP contribution in [0.1, 0.15) is 33.6 Å². The lowest BCUT2D eigenvalue weighted by Crippen LogP contribution is -2.45. The molecule has 1 heterocycles. The zero-order valence-corrected chi connectivity index (χ0v) is 11.2. The van der Waals surface area contributed by atoms with Gasteiger partial charge >= 0.3 is 12.1 Å². The van der Waals surface area contributed by atoms with E-state index in [0.717, 1.165) is 0 Å². The summed E-state index contributed by atoms with van der Waals surface area (Å²) in [6, 6.07) is -0.382. The van der Waals surface area contributed by atoms with E-state index >= 15 is 0 Å². The van der Waals surface area contributed by atoms with E-state index in [0.29, 0.717) is 25.9 Å². The minimum Gasteiger partial charge on any atom is -0.481 e. The van der Waals surface area contributed by atoms with Crippen molar-refractivity contribution >= 4 is 12.1 Å². The van der Waals surface area contributed by atoms with Gasteiger partial charge in [-0.05, 0) is 46.7 Å². The van der Waals surface area contributed by atoms with Crippen LogP contribution in [0.2, 0.25) is 0 Å². The molecule has 0 radical (unpaired) electrons. The molecule has 104 valence electrons. The van der Waals surface area contributed by atoms with Gasteiger partial charge < -0.3 is 20.5 Å². The standard InChI is InChI=1S/C12H22N2O4/c1-12(2,3)18-11(17)14-9-5-7-13-6-4-8(9)10(15)16/h8-9,13H,4-7H2,1-3H3,(H,14,17)(H,15,16)/t8-,9+/m0/s1. The number of carboxylic acid groups (broad SMARTS) is 1. The number of hydrogen-bond donors (Lipinski definition) is 3. The Morgan fingerprint density at radius 2 is 1.89 bits per heavy atom. The van der Waals surface area contributed by atoms with Crippen molar-refractivity contribution in [3.63, 3.8) is 0 Å². The fourth-order valence-corrected chi connectivity index (χ4v) is 1.97. The number of aliphatic carboxylic acids is 1. The summed E-state index contributed by atoms with van der Waals surface area (Å²) in [4.78, 5) is 22.8. The third kappa shape index (κ3) is 4.91. The molecule has 1 saturated heterocycles. The number of nitrogens with one attached hydrogen (secondary N) is 2. The van der Waals surface area contributed by atoms with Gasteiger partial charge in [0, 0.05) is 6.04 Å². The number of hydrogen-bond acceptors (Lipinski definition) is 4. The summed E-state index contributed by atoms with van der Waals surface area (Å²) in [6.45, 7) is 6.68. The Kier molecular flexibility index (Phi) is 4.95. The first kappa shape index (κ1) is 14.8. The number of carbonyl (C=O) groups excluding carboxylic acids is 1. The Bertz CT molecular complexity index is 312. The van der Waals surface area contributed by atoms with Crippen LogP contribution in [-0.2, 0) is 9.53 Å². The van der Waals surface area contributed by atoms with Gasteiger partial charge in [0.05, 0.1) is 5.92 Å². The molecule has 1 rings (SSSR count). The first-order valence-corrected chi connectivity index (χ1v) is 6.22. The third-order valence-corrected chi connectivity index (χ3v) is 2.77. The van der Waals surface area contributed by atoms with Crippen molar-refractivity contribution in [1.82, 2.24) is 10.6 Å². The maximum absolute atomic E-state index is 11.7. The average Bonchev–Trinajstić information content (AvgIpc) is 2.39. The highest BCUT2D eigenvalue weighted by Gasteiger charge is 2.31. The summed E-state index contributed by atoms with van der Waals surface area (Å²) in [5.74, 6) is -1.44. The quantitative estimate of drug-likeness (QED) is 0.686. The van der Waals surface area contributed by atoms with Crippen molar-refractivity contribution < 1.29 is 19.4 Å². The SMILES string of the molecule is CC(C)(C)OC(=O)N[C@@H]1CCNCC[C@@H]1C(=O)O. The lowest BCUT2D eigenvalue weighted by atomic mass is 9.95. The van der Waals surface area contributed by atoms with Gasteiger partial charge in [0.2, 0.25) is 0 Å². The zero-order valence-electron chi connectivity index (χ0n) is 11.2. The third-order valence-electron chi connectivity index (χ3n) is 2.77. The molecule has 0 saturated carbocycles. The molecule has 1 aliphatic rings. The van der Waals surface area contributed by atoms with E-state index < -0.39 is 23.6 Å². The number of ether oxygens (including phenoxy) is 1. The molecular formula is C12H22N2O4. The molecule has 1 aliphatic heterocycles. The second-order valence-corrected chi connectivity index (χ2v) is 5.52. The fraction of sp³-hybridized carbons (Fsp3) is 0.833. The maximum Gasteiger partial charge on any atom is 0.407 e. The highest BCUT2D eigenvalue weighted by molar-refractivity contribution is 5.73. The van der Waals surface area contributed by atoms with Gasteiger partial charge in [-0.1, -0.05) is 0 Å². The number of carbonyl (C=O) groups is 2. The number of alkyl carbamates (subject to hydrolysis) is 1. The number of amides is 1. The van der Waals surface area contributed by atoms with E-state index in [-0.39, 0.29) is 6.04 Å². The second kappa shape index (κ2) is 6.04. The molecule has 6 nitrogen and oxygen atoms in total. The van der Waals surface area contributed by atoms with E-state index in [2.05, 4.69) is 10.6 Å². The van der Waals surface area contributed by atoms with Gasteiger partial charge in [-0.3, -0.25) is 4.79 Å². The predicted molar refractivity (Wildman–Crippen MR) is 66.4 cm³/mol. The van der Waals surface area contributed by atoms with E-state index in [1.165, 1.54) is 0 Å². The molecule has 0 aromatic carbocycles. The van der Waals surface area contributed by atoms with Crippen LogP contribution in [0.5, 0.6) is 0 Å². The smallest absolute Gasteiger partial charge is 0.407 e. The van der Waals surface area contributed by atoms with Crippen molar-refractivity contribution in [2.45, 2.75) is 45.3 Å². The molecule has 1 amide bonds. The molecule has 6 heteroatoms. The van der Waals surface area contributed by atoms with Gasteiger partial charge in [-0.15, -0.1) is 0 Å². The van der Waals surface area contributed by atoms with Crippen molar-refractivity contribution in [3.05, 3.63) is 0 Å². The molecule has 0 aromatic rings. The van der Waals surface area contributed by atoms with Crippen LogP contribution in [0.3, 0.4) is 0 Å². The van der Waals surface area contributed by atoms with Crippen LogP contribution >= 0.6 is 0 Å². The van der Waals surface area contributed by atoms with Gasteiger partial charge in [-0.2, -0.15) is 0 Å². The van der Waals surface area contributed by atoms with Crippen LogP contribution in [-0.4, -0.2) is 41.9 Å². The Morgan fingerprint density at radius 3 is 2.44 bits per heavy atom. The van der Waals surface area contributed by atoms with E-state index in [9.17, 15) is 9.59 Å². The molecule has 0 aromatic heterocycles. The van der Waals surface area contributed by atoms with Crippen molar-refractivity contribution in [2.75, 3.05) is 13.1 Å². The Morgan fingerprint density at radius 1 is 1.28 bits per heavy atom. The van der Waals surface area contributed by atoms with E-state index in [1.54, 1.807) is 20.8 Å². The molecule has 18 heavy (non-hydrogen) atoms. The highest BCUT2D eigenvalue weighted by atomic mass is 16.6. The summed E-state index contributed by atoms with van der Waals surface area (Å²) < 4.78 is 5.15. The minimum absolute atomic E-state index is 0.382. The fourth-order valence-electron chi connectivity index (χ4n) is 1.97. The summed E-state index contributed by atoms with van der Waals surface area (Å²) in [6.07, 6.45) is 0.548. The largest absolute Gasteiger partial charge is 0.481 e. The van der Waals surface area contributed by atoms with Crippen LogP contribution < -0.4 is 10.6 Å². The lowest BCUT2D eigenvalue weighted by molar-refractivity contribution is -0.142. The lowest BCUT2D eigenvalue weighted by Gasteiger charge is -2.25. The maximum atomic E-state index is 11.7. The normalized spacial score (nSPS) is 25.1. The highest BCUT2D eigenvalue weighted by Crippen LogP contribution is 2.16. The number of carboxylic acids is 1. The van der Waals surface area contributed by atoms with Gasteiger partial charge in [0.15, 0.2) is 0 Å². The summed E-state index contributed by atoms with van der Waals surface area (Å²) in [5, 5.41) is 15.0. The minimum atomic E-state index is -0.875. The topological polar surface area (TPSA) is 87.7 Å². The van der Waals surface area contributed by atoms with Crippen molar-refractivity contribution in [1.29, 1.82) is 0 Å². The van der Waals surface area contributed by atoms with Gasteiger partial charge in [0.25, 0.3) is 0 Å². The molecule has 1 fully saturated rings. The van der Waals surface area contributed by atoms with Crippen LogP contribution in [0.4, 0.5) is 4.79 Å². The Hall–Kier alpha value is -1.30. The summed E-state index contributed by atoms with van der Waals surface area (Å²) >= 11 is 0. The summed E-state index contributed by atoms with van der Waals surface area (Å²) in [7, 11) is 0. The molecule has 0 bridgehead atoms. The predicted octanol–water partition coefficient (Wildman–Crippen LogP) is 0.964. The number of rotatable bonds is 2. The molecule has 0 spiro atoms. The van der Waals surface area contributed by atoms with Gasteiger partial charge in [0.1, 0.15) is 5.60 Å². The van der Waals surface area contributed by atoms with Crippen LogP contribution in [0.25, 0.3) is 0 Å². The van der Waals surface area contributed by atoms with Crippen LogP contribution in [0, 0.1) is 5.92 Å². The molecule has 0 aliphatic carbocycles. The first-order valence-electron chi connectivity index (χ1n) is 6.22. The Labute approximate surface area is 107 Å². The summed E-state index contributed by atoms with van der Waals surface area (Å²) in [5.41, 5.74) is -0.578.